The number of hydrogen-bond donors (Lipinski definition) is 0. The molecule has 0 aromatic carbocycles. The molecule has 0 unspecified atom stereocenters. The fraction of sp³-hybridized carbons (Fsp3) is 0.793. The highest BCUT2D eigenvalue weighted by Crippen LogP contribution is 2.02. The Labute approximate surface area is 255 Å². The molecule has 0 spiro atoms. The molecule has 0 saturated heterocycles. The van der Waals surface area contributed by atoms with Crippen LogP contribution in [0.4, 0.5) is 0 Å². The molecule has 0 bridgehead atoms. The van der Waals surface area contributed by atoms with Crippen molar-refractivity contribution in [1.82, 2.24) is 4.90 Å². The number of imide groups is 1. The summed E-state index contributed by atoms with van der Waals surface area (Å²) in [5, 5.41) is 0. The zero-order valence-electron chi connectivity index (χ0n) is 25.5. The fourth-order valence-electron chi connectivity index (χ4n) is 3.17. The van der Waals surface area contributed by atoms with Gasteiger partial charge in [0.25, 0.3) is 11.8 Å². The first-order valence-electron chi connectivity index (χ1n) is 14.7. The standard InChI is InChI=1S/C29H51NO13/c1-2-6-33-8-10-35-12-14-37-16-18-39-20-22-41-24-26-43-27-25-42-23-21-40-19-17-38-15-13-36-11-9-34-7-5-30-28(31)3-4-29(30)32/h2-4H,1,5-27H2. The fourth-order valence-corrected chi connectivity index (χ4v) is 3.17. The molecule has 0 aliphatic carbocycles. The molecular formula is C29H51NO13. The van der Waals surface area contributed by atoms with Crippen molar-refractivity contribution in [2.45, 2.75) is 0 Å². The second kappa shape index (κ2) is 31.6. The van der Waals surface area contributed by atoms with Gasteiger partial charge in [-0.2, -0.15) is 0 Å². The highest BCUT2D eigenvalue weighted by molar-refractivity contribution is 6.12. The molecule has 0 N–H and O–H groups in total. The molecule has 250 valence electrons. The maximum atomic E-state index is 11.4. The zero-order chi connectivity index (χ0) is 30.9. The number of hydrogen-bond acceptors (Lipinski definition) is 13. The van der Waals surface area contributed by atoms with Crippen LogP contribution in [0.5, 0.6) is 0 Å². The summed E-state index contributed by atoms with van der Waals surface area (Å²) in [6, 6.07) is 0. The van der Waals surface area contributed by atoms with E-state index < -0.39 is 0 Å². The summed E-state index contributed by atoms with van der Waals surface area (Å²) in [7, 11) is 0. The maximum Gasteiger partial charge on any atom is 0.253 e. The van der Waals surface area contributed by atoms with Crippen molar-refractivity contribution in [3.8, 4) is 0 Å². The minimum Gasteiger partial charge on any atom is -0.377 e. The predicted molar refractivity (Wildman–Crippen MR) is 155 cm³/mol. The summed E-state index contributed by atoms with van der Waals surface area (Å²) in [4.78, 5) is 23.9. The second-order valence-corrected chi connectivity index (χ2v) is 8.65. The zero-order valence-corrected chi connectivity index (χ0v) is 25.5. The summed E-state index contributed by atoms with van der Waals surface area (Å²) < 4.78 is 59.4. The summed E-state index contributed by atoms with van der Waals surface area (Å²) in [5.74, 6) is -0.612. The van der Waals surface area contributed by atoms with Crippen molar-refractivity contribution >= 4 is 11.8 Å². The Morgan fingerprint density at radius 1 is 0.419 bits per heavy atom. The predicted octanol–water partition coefficient (Wildman–Crippen LogP) is 0.280. The highest BCUT2D eigenvalue weighted by Gasteiger charge is 2.22. The third kappa shape index (κ3) is 26.3. The van der Waals surface area contributed by atoms with E-state index in [1.165, 1.54) is 12.2 Å². The molecule has 14 nitrogen and oxygen atoms in total. The lowest BCUT2D eigenvalue weighted by atomic mass is 10.5. The van der Waals surface area contributed by atoms with Crippen LogP contribution in [0.25, 0.3) is 0 Å². The Hall–Kier alpha value is -1.82. The van der Waals surface area contributed by atoms with Gasteiger partial charge in [-0.3, -0.25) is 14.5 Å². The van der Waals surface area contributed by atoms with Gasteiger partial charge in [-0.1, -0.05) is 6.08 Å². The molecule has 1 rings (SSSR count). The molecule has 0 aromatic rings. The van der Waals surface area contributed by atoms with Crippen LogP contribution >= 0.6 is 0 Å². The van der Waals surface area contributed by atoms with Crippen LogP contribution in [0.3, 0.4) is 0 Å². The first-order valence-corrected chi connectivity index (χ1v) is 14.7. The quantitative estimate of drug-likeness (QED) is 0.0544. The number of carbonyl (C=O) groups is 2. The Bertz CT molecular complexity index is 677. The minimum absolute atomic E-state index is 0.240. The second-order valence-electron chi connectivity index (χ2n) is 8.65. The van der Waals surface area contributed by atoms with Crippen molar-refractivity contribution in [3.05, 3.63) is 24.8 Å². The van der Waals surface area contributed by atoms with Crippen molar-refractivity contribution in [2.24, 2.45) is 0 Å². The number of amides is 2. The maximum absolute atomic E-state index is 11.4. The van der Waals surface area contributed by atoms with E-state index in [0.717, 1.165) is 4.90 Å². The number of nitrogens with zero attached hydrogens (tertiary/aromatic N) is 1. The highest BCUT2D eigenvalue weighted by atomic mass is 16.6. The average Bonchev–Trinajstić information content (AvgIpc) is 3.33. The Balaban J connectivity index is 1.63. The van der Waals surface area contributed by atoms with Gasteiger partial charge >= 0.3 is 0 Å². The molecule has 0 saturated carbocycles. The molecule has 1 aliphatic heterocycles. The molecular weight excluding hydrogens is 570 g/mol. The molecule has 0 aromatic heterocycles. The third-order valence-corrected chi connectivity index (χ3v) is 5.32. The minimum atomic E-state index is -0.306. The van der Waals surface area contributed by atoms with Gasteiger partial charge in [-0.25, -0.2) is 0 Å². The monoisotopic (exact) mass is 621 g/mol. The normalized spacial score (nSPS) is 13.1. The molecule has 14 heteroatoms. The molecule has 1 aliphatic rings. The lowest BCUT2D eigenvalue weighted by molar-refractivity contribution is -0.137. The van der Waals surface area contributed by atoms with E-state index in [1.807, 2.05) is 0 Å². The van der Waals surface area contributed by atoms with Crippen molar-refractivity contribution < 1.29 is 61.7 Å². The summed E-state index contributed by atoms with van der Waals surface area (Å²) in [5.41, 5.74) is 0. The van der Waals surface area contributed by atoms with Crippen LogP contribution in [0.2, 0.25) is 0 Å². The SMILES string of the molecule is C=CCOCCOCCOCCOCCOCCOCCOCCOCCOCCOCCOCCN1C(=O)C=CC1=O. The summed E-state index contributed by atoms with van der Waals surface area (Å²) in [6.45, 7) is 14.4. The van der Waals surface area contributed by atoms with Crippen LogP contribution in [-0.4, -0.2) is 169 Å². The van der Waals surface area contributed by atoms with E-state index in [9.17, 15) is 9.59 Å². The van der Waals surface area contributed by atoms with Gasteiger partial charge in [0.1, 0.15) is 0 Å². The van der Waals surface area contributed by atoms with Crippen molar-refractivity contribution in [1.29, 1.82) is 0 Å². The Morgan fingerprint density at radius 3 is 0.907 bits per heavy atom. The summed E-state index contributed by atoms with van der Waals surface area (Å²) >= 11 is 0. The van der Waals surface area contributed by atoms with Gasteiger partial charge in [-0.05, 0) is 0 Å². The van der Waals surface area contributed by atoms with E-state index >= 15 is 0 Å². The lowest BCUT2D eigenvalue weighted by Gasteiger charge is -2.13. The smallest absolute Gasteiger partial charge is 0.253 e. The van der Waals surface area contributed by atoms with Gasteiger partial charge in [0.15, 0.2) is 0 Å². The first-order chi connectivity index (χ1) is 21.3. The topological polar surface area (TPSA) is 139 Å². The molecule has 0 radical (unpaired) electrons. The molecule has 43 heavy (non-hydrogen) atoms. The molecule has 1 heterocycles. The van der Waals surface area contributed by atoms with Crippen molar-refractivity contribution in [3.63, 3.8) is 0 Å². The van der Waals surface area contributed by atoms with Gasteiger partial charge in [-0.15, -0.1) is 6.58 Å². The Kier molecular flexibility index (Phi) is 28.8. The van der Waals surface area contributed by atoms with E-state index in [0.29, 0.717) is 139 Å². The molecule has 2 amide bonds. The summed E-state index contributed by atoms with van der Waals surface area (Å²) in [6.07, 6.45) is 4.22. The number of carbonyl (C=O) groups excluding carboxylic acids is 2. The van der Waals surface area contributed by atoms with Gasteiger partial charge < -0.3 is 52.1 Å². The van der Waals surface area contributed by atoms with Crippen LogP contribution in [0.1, 0.15) is 0 Å². The van der Waals surface area contributed by atoms with Gasteiger partial charge in [0.2, 0.25) is 0 Å². The first kappa shape index (κ1) is 39.2. The van der Waals surface area contributed by atoms with Crippen LogP contribution in [-0.2, 0) is 61.7 Å². The van der Waals surface area contributed by atoms with E-state index in [-0.39, 0.29) is 25.0 Å². The largest absolute Gasteiger partial charge is 0.377 e. The lowest BCUT2D eigenvalue weighted by Crippen LogP contribution is -2.33. The number of ether oxygens (including phenoxy) is 11. The van der Waals surface area contributed by atoms with Crippen LogP contribution in [0.15, 0.2) is 24.8 Å². The van der Waals surface area contributed by atoms with Gasteiger partial charge in [0, 0.05) is 12.2 Å². The number of rotatable bonds is 35. The van der Waals surface area contributed by atoms with Crippen LogP contribution < -0.4 is 0 Å². The molecule has 0 atom stereocenters. The molecule has 0 fully saturated rings. The average molecular weight is 622 g/mol. The van der Waals surface area contributed by atoms with Crippen molar-refractivity contribution in [2.75, 3.05) is 152 Å². The Morgan fingerprint density at radius 2 is 0.651 bits per heavy atom. The van der Waals surface area contributed by atoms with Gasteiger partial charge in [0.05, 0.1) is 152 Å². The van der Waals surface area contributed by atoms with Crippen LogP contribution in [0, 0.1) is 0 Å². The third-order valence-electron chi connectivity index (χ3n) is 5.32. The van der Waals surface area contributed by atoms with E-state index in [4.69, 9.17) is 52.1 Å². The van der Waals surface area contributed by atoms with E-state index in [2.05, 4.69) is 6.58 Å². The van der Waals surface area contributed by atoms with E-state index in [1.54, 1.807) is 6.08 Å².